The maximum atomic E-state index is 12.9. The Morgan fingerprint density at radius 3 is 2.80 bits per heavy atom. The van der Waals surface area contributed by atoms with Crippen LogP contribution in [-0.2, 0) is 11.3 Å². The zero-order valence-electron chi connectivity index (χ0n) is 15.2. The number of benzene rings is 1. The van der Waals surface area contributed by atoms with Gasteiger partial charge in [-0.05, 0) is 43.4 Å². The molecule has 1 atom stereocenters. The molecule has 0 spiro atoms. The smallest absolute Gasteiger partial charge is 0.318 e. The third-order valence-corrected chi connectivity index (χ3v) is 5.18. The van der Waals surface area contributed by atoms with Crippen molar-refractivity contribution in [3.05, 3.63) is 29.8 Å². The Labute approximate surface area is 150 Å². The first-order valence-electron chi connectivity index (χ1n) is 9.54. The molecule has 1 saturated carbocycles. The van der Waals surface area contributed by atoms with Crippen LogP contribution in [0.15, 0.2) is 24.3 Å². The molecule has 1 N–H and O–H groups in total. The van der Waals surface area contributed by atoms with Crippen molar-refractivity contribution in [2.75, 3.05) is 20.3 Å². The Bertz CT molecular complexity index is 552. The van der Waals surface area contributed by atoms with E-state index in [2.05, 4.69) is 5.32 Å². The lowest BCUT2D eigenvalue weighted by atomic mass is 9.96. The highest BCUT2D eigenvalue weighted by Crippen LogP contribution is 2.20. The second kappa shape index (κ2) is 9.09. The maximum absolute atomic E-state index is 12.9. The van der Waals surface area contributed by atoms with Crippen LogP contribution in [0.1, 0.15) is 50.5 Å². The molecule has 0 bridgehead atoms. The highest BCUT2D eigenvalue weighted by atomic mass is 16.5. The molecule has 1 unspecified atom stereocenters. The van der Waals surface area contributed by atoms with Crippen LogP contribution in [-0.4, -0.2) is 43.3 Å². The Morgan fingerprint density at radius 2 is 2.08 bits per heavy atom. The van der Waals surface area contributed by atoms with Gasteiger partial charge in [-0.3, -0.25) is 0 Å². The van der Waals surface area contributed by atoms with Crippen LogP contribution in [0.25, 0.3) is 0 Å². The van der Waals surface area contributed by atoms with E-state index in [0.717, 1.165) is 43.6 Å². The molecule has 0 aromatic heterocycles. The number of nitrogens with one attached hydrogen (secondary N) is 1. The molecule has 138 valence electrons. The number of rotatable bonds is 6. The number of methoxy groups -OCH3 is 1. The van der Waals surface area contributed by atoms with E-state index >= 15 is 0 Å². The number of carbonyl (C=O) groups is 1. The molecule has 1 heterocycles. The fourth-order valence-electron chi connectivity index (χ4n) is 3.76. The van der Waals surface area contributed by atoms with Crippen LogP contribution in [0.2, 0.25) is 0 Å². The van der Waals surface area contributed by atoms with Crippen molar-refractivity contribution >= 4 is 6.03 Å². The van der Waals surface area contributed by atoms with Crippen LogP contribution in [0.3, 0.4) is 0 Å². The van der Waals surface area contributed by atoms with E-state index in [1.165, 1.54) is 19.3 Å². The van der Waals surface area contributed by atoms with Gasteiger partial charge in [0, 0.05) is 25.7 Å². The molecule has 2 aliphatic rings. The van der Waals surface area contributed by atoms with Crippen LogP contribution < -0.4 is 10.1 Å². The van der Waals surface area contributed by atoms with Gasteiger partial charge in [0.25, 0.3) is 0 Å². The van der Waals surface area contributed by atoms with Crippen LogP contribution in [0.5, 0.6) is 5.75 Å². The number of hydrogen-bond acceptors (Lipinski definition) is 3. The molecule has 1 aliphatic heterocycles. The van der Waals surface area contributed by atoms with Crippen molar-refractivity contribution in [2.24, 2.45) is 0 Å². The van der Waals surface area contributed by atoms with Crippen molar-refractivity contribution in [1.29, 1.82) is 0 Å². The summed E-state index contributed by atoms with van der Waals surface area (Å²) in [4.78, 5) is 14.8. The minimum Gasteiger partial charge on any atom is -0.497 e. The van der Waals surface area contributed by atoms with Crippen molar-refractivity contribution in [2.45, 2.75) is 63.6 Å². The minimum absolute atomic E-state index is 0.0326. The van der Waals surface area contributed by atoms with Crippen LogP contribution in [0.4, 0.5) is 4.79 Å². The Hall–Kier alpha value is -1.75. The Balaban J connectivity index is 1.65. The van der Waals surface area contributed by atoms with E-state index in [1.807, 2.05) is 29.2 Å². The molecule has 5 nitrogen and oxygen atoms in total. The van der Waals surface area contributed by atoms with Gasteiger partial charge < -0.3 is 19.7 Å². The van der Waals surface area contributed by atoms with Gasteiger partial charge >= 0.3 is 6.03 Å². The zero-order valence-corrected chi connectivity index (χ0v) is 15.2. The molecule has 1 aliphatic carbocycles. The summed E-state index contributed by atoms with van der Waals surface area (Å²) in [6.07, 6.45) is 8.18. The highest BCUT2D eigenvalue weighted by Gasteiger charge is 2.25. The molecule has 5 heteroatoms. The van der Waals surface area contributed by atoms with Crippen LogP contribution in [0, 0.1) is 0 Å². The molecular weight excluding hydrogens is 316 g/mol. The van der Waals surface area contributed by atoms with E-state index in [1.54, 1.807) is 7.11 Å². The number of urea groups is 1. The summed E-state index contributed by atoms with van der Waals surface area (Å²) < 4.78 is 11.1. The third-order valence-electron chi connectivity index (χ3n) is 5.18. The lowest BCUT2D eigenvalue weighted by Crippen LogP contribution is -2.47. The monoisotopic (exact) mass is 346 g/mol. The van der Waals surface area contributed by atoms with Gasteiger partial charge in [-0.1, -0.05) is 31.4 Å². The second-order valence-corrected chi connectivity index (χ2v) is 7.15. The summed E-state index contributed by atoms with van der Waals surface area (Å²) in [7, 11) is 1.67. The van der Waals surface area contributed by atoms with Gasteiger partial charge in [-0.15, -0.1) is 0 Å². The van der Waals surface area contributed by atoms with Crippen molar-refractivity contribution in [1.82, 2.24) is 10.2 Å². The van der Waals surface area contributed by atoms with Gasteiger partial charge in [-0.2, -0.15) is 0 Å². The number of carbonyl (C=O) groups excluding carboxylic acids is 1. The first-order valence-corrected chi connectivity index (χ1v) is 9.54. The van der Waals surface area contributed by atoms with Crippen molar-refractivity contribution in [3.63, 3.8) is 0 Å². The topological polar surface area (TPSA) is 50.8 Å². The third kappa shape index (κ3) is 5.36. The largest absolute Gasteiger partial charge is 0.497 e. The lowest BCUT2D eigenvalue weighted by Gasteiger charge is -2.30. The predicted octanol–water partition coefficient (Wildman–Crippen LogP) is 3.72. The van der Waals surface area contributed by atoms with E-state index in [0.29, 0.717) is 19.1 Å². The standard InChI is InChI=1S/C20H30N2O3/c1-24-18-10-5-7-16(13-18)14-22(15-19-11-6-12-25-19)20(23)21-17-8-3-2-4-9-17/h5,7,10,13,17,19H,2-4,6,8-9,11-12,14-15H2,1H3,(H,21,23). The van der Waals surface area contributed by atoms with Gasteiger partial charge in [0.2, 0.25) is 0 Å². The molecule has 0 radical (unpaired) electrons. The zero-order chi connectivity index (χ0) is 17.5. The summed E-state index contributed by atoms with van der Waals surface area (Å²) in [6, 6.07) is 8.28. The summed E-state index contributed by atoms with van der Waals surface area (Å²) in [6.45, 7) is 2.04. The van der Waals surface area contributed by atoms with Crippen LogP contribution >= 0.6 is 0 Å². The van der Waals surface area contributed by atoms with E-state index in [4.69, 9.17) is 9.47 Å². The van der Waals surface area contributed by atoms with Gasteiger partial charge in [-0.25, -0.2) is 4.79 Å². The summed E-state index contributed by atoms with van der Waals surface area (Å²) in [5.74, 6) is 0.822. The average Bonchev–Trinajstić information content (AvgIpc) is 3.15. The summed E-state index contributed by atoms with van der Waals surface area (Å²) in [5.41, 5.74) is 1.08. The van der Waals surface area contributed by atoms with Crippen molar-refractivity contribution < 1.29 is 14.3 Å². The normalized spacial score (nSPS) is 21.1. The number of nitrogens with zero attached hydrogens (tertiary/aromatic N) is 1. The van der Waals surface area contributed by atoms with E-state index in [-0.39, 0.29) is 12.1 Å². The highest BCUT2D eigenvalue weighted by molar-refractivity contribution is 5.74. The molecule has 2 fully saturated rings. The SMILES string of the molecule is COc1cccc(CN(CC2CCCO2)C(=O)NC2CCCCC2)c1. The van der Waals surface area contributed by atoms with Gasteiger partial charge in [0.15, 0.2) is 0 Å². The predicted molar refractivity (Wildman–Crippen MR) is 97.8 cm³/mol. The van der Waals surface area contributed by atoms with E-state index in [9.17, 15) is 4.79 Å². The minimum atomic E-state index is 0.0326. The molecule has 1 saturated heterocycles. The lowest BCUT2D eigenvalue weighted by molar-refractivity contribution is 0.0785. The average molecular weight is 346 g/mol. The fourth-order valence-corrected chi connectivity index (χ4v) is 3.76. The van der Waals surface area contributed by atoms with Gasteiger partial charge in [0.05, 0.1) is 13.2 Å². The first-order chi connectivity index (χ1) is 12.2. The Kier molecular flexibility index (Phi) is 6.56. The number of amides is 2. The first kappa shape index (κ1) is 18.1. The number of ether oxygens (including phenoxy) is 2. The molecule has 2 amide bonds. The molecule has 3 rings (SSSR count). The summed E-state index contributed by atoms with van der Waals surface area (Å²) >= 11 is 0. The molecule has 1 aromatic carbocycles. The maximum Gasteiger partial charge on any atom is 0.318 e. The summed E-state index contributed by atoms with van der Waals surface area (Å²) in [5, 5.41) is 3.24. The number of hydrogen-bond donors (Lipinski definition) is 1. The molecule has 1 aromatic rings. The molecule has 25 heavy (non-hydrogen) atoms. The van der Waals surface area contributed by atoms with Gasteiger partial charge in [0.1, 0.15) is 5.75 Å². The second-order valence-electron chi connectivity index (χ2n) is 7.15. The Morgan fingerprint density at radius 1 is 1.24 bits per heavy atom. The fraction of sp³-hybridized carbons (Fsp3) is 0.650. The van der Waals surface area contributed by atoms with Crippen molar-refractivity contribution in [3.8, 4) is 5.75 Å². The molecular formula is C20H30N2O3. The van der Waals surface area contributed by atoms with E-state index < -0.39 is 0 Å². The quantitative estimate of drug-likeness (QED) is 0.854.